The SMILES string of the molecule is CC(C)NCc1cccn1CCCn1ccnc1. The van der Waals surface area contributed by atoms with Gasteiger partial charge in [-0.2, -0.15) is 0 Å². The lowest BCUT2D eigenvalue weighted by Crippen LogP contribution is -2.23. The van der Waals surface area contributed by atoms with E-state index in [2.05, 4.69) is 51.6 Å². The van der Waals surface area contributed by atoms with Crippen molar-refractivity contribution in [1.29, 1.82) is 0 Å². The lowest BCUT2D eigenvalue weighted by molar-refractivity contribution is 0.523. The number of nitrogens with one attached hydrogen (secondary N) is 1. The molecule has 0 aliphatic heterocycles. The number of hydrogen-bond donors (Lipinski definition) is 1. The van der Waals surface area contributed by atoms with Gasteiger partial charge in [-0.3, -0.25) is 0 Å². The molecule has 2 heterocycles. The molecule has 0 aromatic carbocycles. The first-order valence-electron chi connectivity index (χ1n) is 6.59. The topological polar surface area (TPSA) is 34.8 Å². The van der Waals surface area contributed by atoms with Gasteiger partial charge < -0.3 is 14.5 Å². The number of aryl methyl sites for hydroxylation is 2. The molecule has 4 heteroatoms. The standard InChI is InChI=1S/C14H22N4/c1-13(2)16-11-14-5-3-8-18(14)9-4-7-17-10-6-15-12-17/h3,5-6,8,10,12-13,16H,4,7,9,11H2,1-2H3. The Morgan fingerprint density at radius 2 is 2.17 bits per heavy atom. The van der Waals surface area contributed by atoms with Crippen LogP contribution in [0.15, 0.2) is 37.1 Å². The van der Waals surface area contributed by atoms with E-state index in [1.807, 2.05) is 18.7 Å². The molecule has 2 aromatic rings. The zero-order chi connectivity index (χ0) is 12.8. The number of imidazole rings is 1. The average Bonchev–Trinajstić information content (AvgIpc) is 2.97. The maximum Gasteiger partial charge on any atom is 0.0945 e. The van der Waals surface area contributed by atoms with Gasteiger partial charge >= 0.3 is 0 Å². The monoisotopic (exact) mass is 246 g/mol. The summed E-state index contributed by atoms with van der Waals surface area (Å²) in [5.41, 5.74) is 1.36. The van der Waals surface area contributed by atoms with E-state index < -0.39 is 0 Å². The van der Waals surface area contributed by atoms with E-state index in [0.717, 1.165) is 26.1 Å². The zero-order valence-electron chi connectivity index (χ0n) is 11.2. The minimum atomic E-state index is 0.527. The van der Waals surface area contributed by atoms with Crippen LogP contribution in [0.2, 0.25) is 0 Å². The summed E-state index contributed by atoms with van der Waals surface area (Å²) in [6.07, 6.45) is 8.99. The molecule has 2 aromatic heterocycles. The third-order valence-corrected chi connectivity index (χ3v) is 2.99. The molecule has 4 nitrogen and oxygen atoms in total. The normalized spacial score (nSPS) is 11.3. The molecule has 0 unspecified atom stereocenters. The van der Waals surface area contributed by atoms with Gasteiger partial charge in [-0.15, -0.1) is 0 Å². The van der Waals surface area contributed by atoms with Gasteiger partial charge in [0.15, 0.2) is 0 Å². The first-order valence-corrected chi connectivity index (χ1v) is 6.59. The van der Waals surface area contributed by atoms with E-state index in [1.54, 1.807) is 0 Å². The van der Waals surface area contributed by atoms with Crippen LogP contribution in [0.4, 0.5) is 0 Å². The molecule has 0 amide bonds. The lowest BCUT2D eigenvalue weighted by Gasteiger charge is -2.12. The smallest absolute Gasteiger partial charge is 0.0945 e. The first-order chi connectivity index (χ1) is 8.75. The van der Waals surface area contributed by atoms with Crippen LogP contribution in [-0.2, 0) is 19.6 Å². The Morgan fingerprint density at radius 1 is 1.28 bits per heavy atom. The molecular formula is C14H22N4. The summed E-state index contributed by atoms with van der Waals surface area (Å²) >= 11 is 0. The number of aromatic nitrogens is 3. The highest BCUT2D eigenvalue weighted by Crippen LogP contribution is 2.05. The first kappa shape index (κ1) is 12.9. The average molecular weight is 246 g/mol. The Balaban J connectivity index is 1.80. The maximum absolute atomic E-state index is 4.05. The van der Waals surface area contributed by atoms with Gasteiger partial charge in [0, 0.05) is 50.0 Å². The molecule has 0 radical (unpaired) electrons. The molecule has 0 aliphatic rings. The lowest BCUT2D eigenvalue weighted by atomic mass is 10.3. The molecule has 2 rings (SSSR count). The van der Waals surface area contributed by atoms with E-state index >= 15 is 0 Å². The maximum atomic E-state index is 4.05. The van der Waals surface area contributed by atoms with Crippen molar-refractivity contribution in [3.8, 4) is 0 Å². The Labute approximate surface area is 109 Å². The summed E-state index contributed by atoms with van der Waals surface area (Å²) in [4.78, 5) is 4.05. The molecule has 0 fully saturated rings. The van der Waals surface area contributed by atoms with Crippen LogP contribution < -0.4 is 5.32 Å². The molecule has 0 atom stereocenters. The fraction of sp³-hybridized carbons (Fsp3) is 0.500. The summed E-state index contributed by atoms with van der Waals surface area (Å²) < 4.78 is 4.45. The van der Waals surface area contributed by atoms with Crippen molar-refractivity contribution < 1.29 is 0 Å². The Morgan fingerprint density at radius 3 is 2.89 bits per heavy atom. The zero-order valence-corrected chi connectivity index (χ0v) is 11.2. The molecule has 0 aliphatic carbocycles. The van der Waals surface area contributed by atoms with Gasteiger partial charge in [-0.1, -0.05) is 13.8 Å². The second kappa shape index (κ2) is 6.40. The predicted octanol–water partition coefficient (Wildman–Crippen LogP) is 2.27. The van der Waals surface area contributed by atoms with Crippen molar-refractivity contribution in [2.24, 2.45) is 0 Å². The Bertz CT molecular complexity index is 442. The van der Waals surface area contributed by atoms with E-state index in [1.165, 1.54) is 5.69 Å². The van der Waals surface area contributed by atoms with Crippen LogP contribution >= 0.6 is 0 Å². The van der Waals surface area contributed by atoms with E-state index in [4.69, 9.17) is 0 Å². The molecule has 1 N–H and O–H groups in total. The predicted molar refractivity (Wildman–Crippen MR) is 73.3 cm³/mol. The van der Waals surface area contributed by atoms with Gasteiger partial charge in [0.05, 0.1) is 6.33 Å². The van der Waals surface area contributed by atoms with Crippen molar-refractivity contribution in [3.05, 3.63) is 42.7 Å². The highest BCUT2D eigenvalue weighted by molar-refractivity contribution is 5.06. The van der Waals surface area contributed by atoms with Crippen LogP contribution in [0.5, 0.6) is 0 Å². The summed E-state index contributed by atoms with van der Waals surface area (Å²) in [5, 5.41) is 3.46. The number of nitrogens with zero attached hydrogens (tertiary/aromatic N) is 3. The summed E-state index contributed by atoms with van der Waals surface area (Å²) in [6, 6.07) is 4.83. The minimum absolute atomic E-state index is 0.527. The fourth-order valence-electron chi connectivity index (χ4n) is 1.98. The second-order valence-corrected chi connectivity index (χ2v) is 4.88. The summed E-state index contributed by atoms with van der Waals surface area (Å²) in [6.45, 7) is 7.36. The van der Waals surface area contributed by atoms with E-state index in [0.29, 0.717) is 6.04 Å². The van der Waals surface area contributed by atoms with Crippen LogP contribution in [0.3, 0.4) is 0 Å². The van der Waals surface area contributed by atoms with Crippen molar-refractivity contribution in [2.45, 2.75) is 45.9 Å². The molecule has 98 valence electrons. The minimum Gasteiger partial charge on any atom is -0.350 e. The summed E-state index contributed by atoms with van der Waals surface area (Å²) in [5.74, 6) is 0. The van der Waals surface area contributed by atoms with Gasteiger partial charge in [-0.05, 0) is 18.6 Å². The quantitative estimate of drug-likeness (QED) is 0.813. The third-order valence-electron chi connectivity index (χ3n) is 2.99. The highest BCUT2D eigenvalue weighted by atomic mass is 15.0. The van der Waals surface area contributed by atoms with Crippen LogP contribution in [0, 0.1) is 0 Å². The molecule has 18 heavy (non-hydrogen) atoms. The molecule has 0 bridgehead atoms. The van der Waals surface area contributed by atoms with E-state index in [-0.39, 0.29) is 0 Å². The third kappa shape index (κ3) is 3.74. The Hall–Kier alpha value is -1.55. The van der Waals surface area contributed by atoms with Crippen molar-refractivity contribution >= 4 is 0 Å². The van der Waals surface area contributed by atoms with Crippen LogP contribution in [0.25, 0.3) is 0 Å². The van der Waals surface area contributed by atoms with Gasteiger partial charge in [0.25, 0.3) is 0 Å². The largest absolute Gasteiger partial charge is 0.350 e. The summed E-state index contributed by atoms with van der Waals surface area (Å²) in [7, 11) is 0. The van der Waals surface area contributed by atoms with Gasteiger partial charge in [-0.25, -0.2) is 4.98 Å². The number of rotatable bonds is 7. The number of hydrogen-bond acceptors (Lipinski definition) is 2. The highest BCUT2D eigenvalue weighted by Gasteiger charge is 2.01. The molecule has 0 saturated heterocycles. The van der Waals surface area contributed by atoms with Gasteiger partial charge in [0.1, 0.15) is 0 Å². The van der Waals surface area contributed by atoms with Crippen molar-refractivity contribution in [2.75, 3.05) is 0 Å². The molecular weight excluding hydrogens is 224 g/mol. The van der Waals surface area contributed by atoms with Crippen LogP contribution in [-0.4, -0.2) is 20.2 Å². The Kier molecular flexibility index (Phi) is 4.59. The van der Waals surface area contributed by atoms with Crippen molar-refractivity contribution in [3.63, 3.8) is 0 Å². The van der Waals surface area contributed by atoms with Gasteiger partial charge in [0.2, 0.25) is 0 Å². The second-order valence-electron chi connectivity index (χ2n) is 4.88. The molecule has 0 spiro atoms. The van der Waals surface area contributed by atoms with Crippen LogP contribution in [0.1, 0.15) is 26.0 Å². The van der Waals surface area contributed by atoms with E-state index in [9.17, 15) is 0 Å². The molecule has 0 saturated carbocycles. The fourth-order valence-corrected chi connectivity index (χ4v) is 1.98. The van der Waals surface area contributed by atoms with Crippen molar-refractivity contribution in [1.82, 2.24) is 19.4 Å².